The van der Waals surface area contributed by atoms with Crippen LogP contribution in [0, 0.1) is 0 Å². The zero-order valence-corrected chi connectivity index (χ0v) is 14.4. The van der Waals surface area contributed by atoms with Crippen molar-refractivity contribution in [3.05, 3.63) is 34.1 Å². The summed E-state index contributed by atoms with van der Waals surface area (Å²) in [6, 6.07) is 5.71. The van der Waals surface area contributed by atoms with Gasteiger partial charge in [-0.3, -0.25) is 4.79 Å². The number of aliphatic carboxylic acids is 1. The van der Waals surface area contributed by atoms with Crippen LogP contribution in [0.2, 0.25) is 0 Å². The highest BCUT2D eigenvalue weighted by molar-refractivity contribution is 9.10. The Labute approximate surface area is 142 Å². The molecule has 1 aliphatic heterocycles. The summed E-state index contributed by atoms with van der Waals surface area (Å²) in [5.74, 6) is -0.247. The first-order chi connectivity index (χ1) is 11.0. The molecule has 2 heterocycles. The van der Waals surface area contributed by atoms with Crippen molar-refractivity contribution < 1.29 is 14.4 Å². The lowest BCUT2D eigenvalue weighted by Gasteiger charge is -2.33. The van der Waals surface area contributed by atoms with Crippen LogP contribution in [-0.2, 0) is 11.3 Å². The summed E-state index contributed by atoms with van der Waals surface area (Å²) >= 11 is 3.42. The number of benzene rings is 1. The molecule has 0 amide bonds. The molecule has 0 fully saturated rings. The van der Waals surface area contributed by atoms with Gasteiger partial charge < -0.3 is 19.4 Å². The van der Waals surface area contributed by atoms with Crippen LogP contribution in [0.25, 0.3) is 0 Å². The Bertz CT molecular complexity index is 731. The number of hydrogen-bond acceptors (Lipinski definition) is 6. The zero-order chi connectivity index (χ0) is 16.6. The van der Waals surface area contributed by atoms with Crippen molar-refractivity contribution in [3.63, 3.8) is 0 Å². The van der Waals surface area contributed by atoms with Gasteiger partial charge in [0.25, 0.3) is 5.95 Å². The Morgan fingerprint density at radius 1 is 1.52 bits per heavy atom. The highest BCUT2D eigenvalue weighted by Crippen LogP contribution is 2.37. The number of carboxylic acid groups (broad SMARTS) is 1. The van der Waals surface area contributed by atoms with E-state index in [1.54, 1.807) is 4.90 Å². The number of carboxylic acids is 1. The SMILES string of the molecule is CN(C)c1noc(CN2CCC(C(=O)O)c3cc(Br)ccc32)n1. The number of rotatable bonds is 4. The van der Waals surface area contributed by atoms with Gasteiger partial charge in [0.15, 0.2) is 0 Å². The first-order valence-electron chi connectivity index (χ1n) is 7.23. The molecule has 0 bridgehead atoms. The number of fused-ring (bicyclic) bond motifs is 1. The first kappa shape index (κ1) is 15.8. The summed E-state index contributed by atoms with van der Waals surface area (Å²) in [5.41, 5.74) is 1.71. The van der Waals surface area contributed by atoms with E-state index in [0.717, 1.165) is 15.7 Å². The van der Waals surface area contributed by atoms with Gasteiger partial charge in [0.05, 0.1) is 12.5 Å². The monoisotopic (exact) mass is 380 g/mol. The van der Waals surface area contributed by atoms with E-state index in [0.29, 0.717) is 31.3 Å². The minimum Gasteiger partial charge on any atom is -0.481 e. The molecule has 0 spiro atoms. The third-order valence-electron chi connectivity index (χ3n) is 3.87. The molecule has 1 aromatic carbocycles. The molecule has 0 aliphatic carbocycles. The Balaban J connectivity index is 1.89. The van der Waals surface area contributed by atoms with E-state index in [1.807, 2.05) is 32.3 Å². The predicted molar refractivity (Wildman–Crippen MR) is 88.8 cm³/mol. The van der Waals surface area contributed by atoms with Crippen LogP contribution in [0.15, 0.2) is 27.2 Å². The quantitative estimate of drug-likeness (QED) is 0.871. The molecule has 1 N–H and O–H groups in total. The van der Waals surface area contributed by atoms with Gasteiger partial charge in [-0.1, -0.05) is 15.9 Å². The Morgan fingerprint density at radius 2 is 2.30 bits per heavy atom. The number of anilines is 2. The van der Waals surface area contributed by atoms with Crippen LogP contribution in [0.1, 0.15) is 23.8 Å². The largest absolute Gasteiger partial charge is 0.481 e. The molecular formula is C15H17BrN4O3. The molecule has 1 aliphatic rings. The van der Waals surface area contributed by atoms with Crippen molar-refractivity contribution in [2.45, 2.75) is 18.9 Å². The highest BCUT2D eigenvalue weighted by atomic mass is 79.9. The summed E-state index contributed by atoms with van der Waals surface area (Å²) in [4.78, 5) is 19.7. The number of halogens is 1. The van der Waals surface area contributed by atoms with Crippen molar-refractivity contribution in [1.29, 1.82) is 0 Å². The second-order valence-electron chi connectivity index (χ2n) is 5.69. The maximum absolute atomic E-state index is 11.5. The normalized spacial score (nSPS) is 17.0. The lowest BCUT2D eigenvalue weighted by Crippen LogP contribution is -2.33. The van der Waals surface area contributed by atoms with Crippen molar-refractivity contribution in [1.82, 2.24) is 10.1 Å². The van der Waals surface area contributed by atoms with Gasteiger partial charge in [-0.25, -0.2) is 0 Å². The number of carbonyl (C=O) groups is 1. The van der Waals surface area contributed by atoms with Crippen LogP contribution in [-0.4, -0.2) is 41.9 Å². The number of nitrogens with zero attached hydrogens (tertiary/aromatic N) is 4. The predicted octanol–water partition coefficient (Wildman–Crippen LogP) is 2.48. The fraction of sp³-hybridized carbons (Fsp3) is 0.400. The standard InChI is InChI=1S/C15H17BrN4O3/c1-19(2)15-17-13(23-18-15)8-20-6-5-10(14(21)22)11-7-9(16)3-4-12(11)20/h3-4,7,10H,5-6,8H2,1-2H3,(H,21,22). The van der Waals surface area contributed by atoms with E-state index in [4.69, 9.17) is 4.52 Å². The molecule has 0 saturated carbocycles. The van der Waals surface area contributed by atoms with Gasteiger partial charge in [0.1, 0.15) is 0 Å². The summed E-state index contributed by atoms with van der Waals surface area (Å²) in [7, 11) is 3.69. The smallest absolute Gasteiger partial charge is 0.311 e. The van der Waals surface area contributed by atoms with E-state index >= 15 is 0 Å². The van der Waals surface area contributed by atoms with Crippen molar-refractivity contribution >= 4 is 33.5 Å². The lowest BCUT2D eigenvalue weighted by atomic mass is 9.90. The minimum absolute atomic E-state index is 0.460. The van der Waals surface area contributed by atoms with E-state index in [9.17, 15) is 9.90 Å². The average Bonchev–Trinajstić information content (AvgIpc) is 2.95. The Morgan fingerprint density at radius 3 is 2.96 bits per heavy atom. The molecule has 7 nitrogen and oxygen atoms in total. The van der Waals surface area contributed by atoms with Gasteiger partial charge >= 0.3 is 5.97 Å². The van der Waals surface area contributed by atoms with Crippen molar-refractivity contribution in [2.24, 2.45) is 0 Å². The zero-order valence-electron chi connectivity index (χ0n) is 12.9. The van der Waals surface area contributed by atoms with Crippen molar-refractivity contribution in [3.8, 4) is 0 Å². The third-order valence-corrected chi connectivity index (χ3v) is 4.37. The van der Waals surface area contributed by atoms with Crippen LogP contribution >= 0.6 is 15.9 Å². The summed E-state index contributed by atoms with van der Waals surface area (Å²) in [6.07, 6.45) is 0.549. The van der Waals surface area contributed by atoms with Crippen LogP contribution in [0.3, 0.4) is 0 Å². The van der Waals surface area contributed by atoms with Crippen LogP contribution < -0.4 is 9.80 Å². The minimum atomic E-state index is -0.795. The van der Waals surface area contributed by atoms with Crippen LogP contribution in [0.4, 0.5) is 11.6 Å². The first-order valence-corrected chi connectivity index (χ1v) is 8.02. The molecule has 1 aromatic heterocycles. The van der Waals surface area contributed by atoms with Crippen molar-refractivity contribution in [2.75, 3.05) is 30.4 Å². The molecule has 2 aromatic rings. The fourth-order valence-corrected chi connectivity index (χ4v) is 3.11. The van der Waals surface area contributed by atoms with Gasteiger partial charge in [0, 0.05) is 30.8 Å². The lowest BCUT2D eigenvalue weighted by molar-refractivity contribution is -0.139. The molecule has 0 saturated heterocycles. The molecule has 8 heteroatoms. The Hall–Kier alpha value is -2.09. The van der Waals surface area contributed by atoms with Gasteiger partial charge in [-0.15, -0.1) is 0 Å². The fourth-order valence-electron chi connectivity index (χ4n) is 2.73. The molecule has 1 unspecified atom stereocenters. The summed E-state index contributed by atoms with van der Waals surface area (Å²) in [6.45, 7) is 1.09. The van der Waals surface area contributed by atoms with E-state index in [1.165, 1.54) is 0 Å². The van der Waals surface area contributed by atoms with Gasteiger partial charge in [-0.05, 0) is 35.3 Å². The maximum atomic E-state index is 11.5. The second-order valence-corrected chi connectivity index (χ2v) is 6.60. The van der Waals surface area contributed by atoms with E-state index in [-0.39, 0.29) is 0 Å². The molecule has 23 heavy (non-hydrogen) atoms. The number of hydrogen-bond donors (Lipinski definition) is 1. The van der Waals surface area contributed by atoms with Gasteiger partial charge in [0.2, 0.25) is 5.89 Å². The second kappa shape index (κ2) is 6.19. The third kappa shape index (κ3) is 3.17. The highest BCUT2D eigenvalue weighted by Gasteiger charge is 2.30. The molecule has 3 rings (SSSR count). The van der Waals surface area contributed by atoms with E-state index in [2.05, 4.69) is 31.0 Å². The average molecular weight is 381 g/mol. The summed E-state index contributed by atoms with van der Waals surface area (Å²) < 4.78 is 6.14. The summed E-state index contributed by atoms with van der Waals surface area (Å²) in [5, 5.41) is 13.3. The van der Waals surface area contributed by atoms with E-state index < -0.39 is 11.9 Å². The van der Waals surface area contributed by atoms with Gasteiger partial charge in [-0.2, -0.15) is 4.98 Å². The Kier molecular flexibility index (Phi) is 4.25. The maximum Gasteiger partial charge on any atom is 0.311 e. The molecular weight excluding hydrogens is 364 g/mol. The van der Waals surface area contributed by atoms with Crippen LogP contribution in [0.5, 0.6) is 0 Å². The topological polar surface area (TPSA) is 82.7 Å². The molecule has 0 radical (unpaired) electrons. The molecule has 122 valence electrons. The molecule has 1 atom stereocenters. The number of aromatic nitrogens is 2.